The summed E-state index contributed by atoms with van der Waals surface area (Å²) in [5.41, 5.74) is 0.844. The molecular formula is C19H26ClN7O. The Morgan fingerprint density at radius 2 is 2.18 bits per heavy atom. The molecule has 2 aromatic heterocycles. The largest absolute Gasteiger partial charge is 0.388 e. The van der Waals surface area contributed by atoms with Crippen molar-refractivity contribution in [1.82, 2.24) is 25.1 Å². The molecule has 0 atom stereocenters. The van der Waals surface area contributed by atoms with Gasteiger partial charge in [-0.05, 0) is 25.5 Å². The molecule has 0 bridgehead atoms. The molecule has 150 valence electrons. The van der Waals surface area contributed by atoms with E-state index in [9.17, 15) is 0 Å². The lowest BCUT2D eigenvalue weighted by atomic mass is 10.1. The summed E-state index contributed by atoms with van der Waals surface area (Å²) < 4.78 is 7.38. The first-order chi connectivity index (χ1) is 13.8. The molecule has 3 rings (SSSR count). The number of hydrogen-bond donors (Lipinski definition) is 3. The Morgan fingerprint density at radius 3 is 3.00 bits per heavy atom. The maximum absolute atomic E-state index is 6.20. The third-order valence-corrected chi connectivity index (χ3v) is 4.54. The standard InChI is InChI=1S/C19H26ClN7O/c1-2-7-21-8-3-4-9-22-18-17(20)13-23-19(26-18)25-15-12-24-27(14-15)16-5-10-28-11-6-16/h2-3,8,12-14,16,21H,1,4-7,9-11H2,(H2,22,23,25,26)/b8-3+. The van der Waals surface area contributed by atoms with E-state index in [2.05, 4.69) is 37.6 Å². The van der Waals surface area contributed by atoms with E-state index in [1.807, 2.05) is 29.2 Å². The van der Waals surface area contributed by atoms with Gasteiger partial charge in [-0.3, -0.25) is 4.68 Å². The van der Waals surface area contributed by atoms with Crippen molar-refractivity contribution in [2.45, 2.75) is 25.3 Å². The lowest BCUT2D eigenvalue weighted by molar-refractivity contribution is 0.0662. The van der Waals surface area contributed by atoms with Crippen LogP contribution in [0.15, 0.2) is 43.5 Å². The van der Waals surface area contributed by atoms with E-state index in [0.717, 1.165) is 44.7 Å². The van der Waals surface area contributed by atoms with E-state index in [1.165, 1.54) is 0 Å². The Morgan fingerprint density at radius 1 is 1.32 bits per heavy atom. The Labute approximate surface area is 170 Å². The van der Waals surface area contributed by atoms with Gasteiger partial charge >= 0.3 is 0 Å². The minimum Gasteiger partial charge on any atom is -0.388 e. The van der Waals surface area contributed by atoms with Gasteiger partial charge in [-0.2, -0.15) is 10.1 Å². The minimum absolute atomic E-state index is 0.377. The van der Waals surface area contributed by atoms with Crippen molar-refractivity contribution < 1.29 is 4.74 Å². The van der Waals surface area contributed by atoms with Crippen LogP contribution in [0.4, 0.5) is 17.5 Å². The summed E-state index contributed by atoms with van der Waals surface area (Å²) in [6.45, 7) is 6.68. The first-order valence-corrected chi connectivity index (χ1v) is 9.78. The molecule has 28 heavy (non-hydrogen) atoms. The maximum atomic E-state index is 6.20. The summed E-state index contributed by atoms with van der Waals surface area (Å²) in [4.78, 5) is 8.71. The highest BCUT2D eigenvalue weighted by atomic mass is 35.5. The minimum atomic E-state index is 0.377. The summed E-state index contributed by atoms with van der Waals surface area (Å²) >= 11 is 6.20. The molecule has 0 aromatic carbocycles. The van der Waals surface area contributed by atoms with Crippen LogP contribution in [0.2, 0.25) is 5.02 Å². The number of hydrogen-bond acceptors (Lipinski definition) is 7. The Bertz CT molecular complexity index is 786. The van der Waals surface area contributed by atoms with Gasteiger partial charge in [0.05, 0.1) is 24.1 Å². The molecule has 0 unspecified atom stereocenters. The fourth-order valence-electron chi connectivity index (χ4n) is 2.82. The fourth-order valence-corrected chi connectivity index (χ4v) is 2.98. The molecule has 1 aliphatic rings. The summed E-state index contributed by atoms with van der Waals surface area (Å²) in [5, 5.41) is 14.5. The fraction of sp³-hybridized carbons (Fsp3) is 0.421. The van der Waals surface area contributed by atoms with Crippen molar-refractivity contribution in [1.29, 1.82) is 0 Å². The van der Waals surface area contributed by atoms with Gasteiger partial charge in [-0.25, -0.2) is 4.98 Å². The average Bonchev–Trinajstić information content (AvgIpc) is 3.19. The molecule has 0 aliphatic carbocycles. The molecule has 3 N–H and O–H groups in total. The van der Waals surface area contributed by atoms with Crippen LogP contribution >= 0.6 is 11.6 Å². The molecule has 2 aromatic rings. The number of rotatable bonds is 10. The molecule has 0 saturated carbocycles. The Balaban J connectivity index is 1.53. The molecule has 1 saturated heterocycles. The van der Waals surface area contributed by atoms with Gasteiger partial charge < -0.3 is 20.7 Å². The highest BCUT2D eigenvalue weighted by Crippen LogP contribution is 2.24. The molecule has 1 aliphatic heterocycles. The molecule has 3 heterocycles. The monoisotopic (exact) mass is 403 g/mol. The van der Waals surface area contributed by atoms with E-state index in [0.29, 0.717) is 29.4 Å². The highest BCUT2D eigenvalue weighted by molar-refractivity contribution is 6.32. The summed E-state index contributed by atoms with van der Waals surface area (Å²) in [6, 6.07) is 0.377. The van der Waals surface area contributed by atoms with Crippen molar-refractivity contribution in [3.8, 4) is 0 Å². The van der Waals surface area contributed by atoms with Crippen LogP contribution in [0.25, 0.3) is 0 Å². The predicted octanol–water partition coefficient (Wildman–Crippen LogP) is 3.51. The van der Waals surface area contributed by atoms with Crippen molar-refractivity contribution >= 4 is 29.1 Å². The van der Waals surface area contributed by atoms with Gasteiger partial charge in [0.1, 0.15) is 5.02 Å². The van der Waals surface area contributed by atoms with Crippen LogP contribution in [-0.2, 0) is 4.74 Å². The molecule has 0 spiro atoms. The van der Waals surface area contributed by atoms with Gasteiger partial charge in [-0.1, -0.05) is 23.8 Å². The zero-order valence-electron chi connectivity index (χ0n) is 15.8. The van der Waals surface area contributed by atoms with Gasteiger partial charge in [0, 0.05) is 32.5 Å². The third kappa shape index (κ3) is 5.97. The van der Waals surface area contributed by atoms with E-state index >= 15 is 0 Å². The first kappa shape index (κ1) is 20.2. The Hall–Kier alpha value is -2.58. The van der Waals surface area contributed by atoms with Gasteiger partial charge in [0.2, 0.25) is 5.95 Å². The van der Waals surface area contributed by atoms with Crippen LogP contribution in [0, 0.1) is 0 Å². The SMILES string of the molecule is C=CCN/C=C/CCNc1nc(Nc2cnn(C3CCOCC3)c2)ncc1Cl. The topological polar surface area (TPSA) is 88.9 Å². The van der Waals surface area contributed by atoms with Crippen LogP contribution in [0.3, 0.4) is 0 Å². The van der Waals surface area contributed by atoms with Gasteiger partial charge in [0.15, 0.2) is 5.82 Å². The molecule has 1 fully saturated rings. The molecule has 9 heteroatoms. The second-order valence-electron chi connectivity index (χ2n) is 6.38. The quantitative estimate of drug-likeness (QED) is 0.413. The number of halogens is 1. The lowest BCUT2D eigenvalue weighted by Gasteiger charge is -2.22. The smallest absolute Gasteiger partial charge is 0.229 e. The van der Waals surface area contributed by atoms with Gasteiger partial charge in [-0.15, -0.1) is 6.58 Å². The van der Waals surface area contributed by atoms with E-state index < -0.39 is 0 Å². The van der Waals surface area contributed by atoms with Crippen molar-refractivity contribution in [3.63, 3.8) is 0 Å². The van der Waals surface area contributed by atoms with E-state index in [4.69, 9.17) is 16.3 Å². The molecular weight excluding hydrogens is 378 g/mol. The van der Waals surface area contributed by atoms with Gasteiger partial charge in [0.25, 0.3) is 0 Å². The normalized spacial score (nSPS) is 14.9. The highest BCUT2D eigenvalue weighted by Gasteiger charge is 2.16. The molecule has 0 radical (unpaired) electrons. The number of nitrogens with zero attached hydrogens (tertiary/aromatic N) is 4. The number of ether oxygens (including phenoxy) is 1. The molecule has 0 amide bonds. The van der Waals surface area contributed by atoms with E-state index in [1.54, 1.807) is 12.4 Å². The van der Waals surface area contributed by atoms with Crippen LogP contribution in [-0.4, -0.2) is 46.1 Å². The number of nitrogens with one attached hydrogen (secondary N) is 3. The Kier molecular flexibility index (Phi) is 7.69. The zero-order valence-corrected chi connectivity index (χ0v) is 16.5. The summed E-state index contributed by atoms with van der Waals surface area (Å²) in [6.07, 6.45) is 13.9. The van der Waals surface area contributed by atoms with Crippen LogP contribution in [0.1, 0.15) is 25.3 Å². The summed E-state index contributed by atoms with van der Waals surface area (Å²) in [7, 11) is 0. The number of anilines is 3. The maximum Gasteiger partial charge on any atom is 0.229 e. The second kappa shape index (κ2) is 10.7. The third-order valence-electron chi connectivity index (χ3n) is 4.27. The summed E-state index contributed by atoms with van der Waals surface area (Å²) in [5.74, 6) is 1.07. The van der Waals surface area contributed by atoms with E-state index in [-0.39, 0.29) is 0 Å². The number of aromatic nitrogens is 4. The van der Waals surface area contributed by atoms with Crippen LogP contribution < -0.4 is 16.0 Å². The van der Waals surface area contributed by atoms with Crippen molar-refractivity contribution in [3.05, 3.63) is 48.5 Å². The molecule has 8 nitrogen and oxygen atoms in total. The van der Waals surface area contributed by atoms with Crippen molar-refractivity contribution in [2.24, 2.45) is 0 Å². The lowest BCUT2D eigenvalue weighted by Crippen LogP contribution is -2.19. The predicted molar refractivity (Wildman–Crippen MR) is 112 cm³/mol. The van der Waals surface area contributed by atoms with Crippen LogP contribution in [0.5, 0.6) is 0 Å². The second-order valence-corrected chi connectivity index (χ2v) is 6.79. The first-order valence-electron chi connectivity index (χ1n) is 9.41. The zero-order chi connectivity index (χ0) is 19.6. The van der Waals surface area contributed by atoms with Crippen molar-refractivity contribution in [2.75, 3.05) is 36.9 Å². The average molecular weight is 404 g/mol.